The largest absolute Gasteiger partial charge is 0.466 e. The number of esters is 1. The molecule has 3 aromatic carbocycles. The molecule has 0 bridgehead atoms. The molecule has 50 heavy (non-hydrogen) atoms. The zero-order chi connectivity index (χ0) is 36.1. The van der Waals surface area contributed by atoms with Crippen molar-refractivity contribution in [2.24, 2.45) is 12.5 Å². The Morgan fingerprint density at radius 2 is 1.88 bits per heavy atom. The number of aromatic nitrogens is 4. The standard InChI is InChI=1S/C38H43BrF2N4O3S2/c1-6-48-32(47)20-24-9-7-10-25(19-24)38(4,15-8-14-37(2,3)23-49-18-17-46)36-43-35(45(5)44-36)28-21-26(11-12-29(28)40)50-34-30(41)22-31-27(33(34)39)13-16-42-31/h7,9-13,16,19,21-22,42,46H,6,8,14-15,17-18,20,23H2,1-5H3/t38-/m1/s1. The first-order chi connectivity index (χ1) is 23.8. The van der Waals surface area contributed by atoms with Gasteiger partial charge in [-0.2, -0.15) is 16.9 Å². The fraction of sp³-hybridized carbons (Fsp3) is 0.395. The lowest BCUT2D eigenvalue weighted by molar-refractivity contribution is -0.142. The van der Waals surface area contributed by atoms with E-state index in [4.69, 9.17) is 14.8 Å². The van der Waals surface area contributed by atoms with Gasteiger partial charge in [-0.3, -0.25) is 4.79 Å². The normalized spacial score (nSPS) is 13.1. The van der Waals surface area contributed by atoms with E-state index in [0.717, 1.165) is 35.1 Å². The average molecular weight is 786 g/mol. The second-order valence-electron chi connectivity index (χ2n) is 13.4. The van der Waals surface area contributed by atoms with Gasteiger partial charge in [0.2, 0.25) is 0 Å². The molecule has 7 nitrogen and oxygen atoms in total. The van der Waals surface area contributed by atoms with Gasteiger partial charge in [0.05, 0.1) is 35.5 Å². The molecule has 12 heteroatoms. The lowest BCUT2D eigenvalue weighted by Gasteiger charge is -2.30. The van der Waals surface area contributed by atoms with E-state index in [-0.39, 0.29) is 35.8 Å². The van der Waals surface area contributed by atoms with Crippen LogP contribution in [0.3, 0.4) is 0 Å². The highest BCUT2D eigenvalue weighted by Gasteiger charge is 2.35. The van der Waals surface area contributed by atoms with E-state index in [9.17, 15) is 9.90 Å². The van der Waals surface area contributed by atoms with Crippen LogP contribution >= 0.6 is 39.5 Å². The number of nitrogens with zero attached hydrogens (tertiary/aromatic N) is 3. The monoisotopic (exact) mass is 784 g/mol. The molecule has 0 aliphatic rings. The van der Waals surface area contributed by atoms with Gasteiger partial charge in [0.1, 0.15) is 11.6 Å². The van der Waals surface area contributed by atoms with Crippen LogP contribution in [0.4, 0.5) is 8.78 Å². The Balaban J connectivity index is 1.49. The number of aliphatic hydroxyl groups excluding tert-OH is 1. The highest BCUT2D eigenvalue weighted by Crippen LogP contribution is 2.42. The number of carbonyl (C=O) groups excluding carboxylic acids is 1. The molecule has 0 aliphatic heterocycles. The van der Waals surface area contributed by atoms with Crippen LogP contribution in [0.25, 0.3) is 22.3 Å². The van der Waals surface area contributed by atoms with Crippen LogP contribution < -0.4 is 0 Å². The summed E-state index contributed by atoms with van der Waals surface area (Å²) in [6, 6.07) is 15.9. The number of nitrogens with one attached hydrogen (secondary N) is 1. The molecule has 1 atom stereocenters. The summed E-state index contributed by atoms with van der Waals surface area (Å²) in [7, 11) is 1.75. The summed E-state index contributed by atoms with van der Waals surface area (Å²) in [6.45, 7) is 8.84. The molecule has 0 aliphatic carbocycles. The number of hydrogen-bond acceptors (Lipinski definition) is 7. The maximum atomic E-state index is 15.6. The quantitative estimate of drug-likeness (QED) is 0.0761. The minimum Gasteiger partial charge on any atom is -0.466 e. The van der Waals surface area contributed by atoms with Crippen molar-refractivity contribution in [2.45, 2.75) is 68.6 Å². The third kappa shape index (κ3) is 8.81. The second-order valence-corrected chi connectivity index (χ2v) is 16.4. The van der Waals surface area contributed by atoms with E-state index in [1.54, 1.807) is 48.7 Å². The average Bonchev–Trinajstić information content (AvgIpc) is 3.71. The zero-order valence-corrected chi connectivity index (χ0v) is 32.2. The van der Waals surface area contributed by atoms with E-state index >= 15 is 8.78 Å². The molecule has 0 saturated carbocycles. The number of hydrogen-bond donors (Lipinski definition) is 2. The van der Waals surface area contributed by atoms with E-state index in [1.165, 1.54) is 23.9 Å². The molecule has 266 valence electrons. The maximum absolute atomic E-state index is 15.6. The summed E-state index contributed by atoms with van der Waals surface area (Å²) in [5.74, 6) is 1.39. The van der Waals surface area contributed by atoms with Gasteiger partial charge in [-0.05, 0) is 95.2 Å². The second kappa shape index (κ2) is 16.4. The topological polar surface area (TPSA) is 93.0 Å². The number of aryl methyl sites for hydroxylation is 1. The number of carbonyl (C=O) groups is 1. The number of aliphatic hydroxyl groups is 1. The molecular formula is C38H43BrF2N4O3S2. The smallest absolute Gasteiger partial charge is 0.310 e. The van der Waals surface area contributed by atoms with Crippen LogP contribution in [0.2, 0.25) is 0 Å². The van der Waals surface area contributed by atoms with Crippen LogP contribution in [0.15, 0.2) is 75.1 Å². The third-order valence-corrected chi connectivity index (χ3v) is 12.5. The number of ether oxygens (including phenoxy) is 1. The molecule has 2 N–H and O–H groups in total. The number of fused-ring (bicyclic) bond motifs is 1. The predicted octanol–water partition coefficient (Wildman–Crippen LogP) is 9.49. The van der Waals surface area contributed by atoms with Crippen molar-refractivity contribution in [3.05, 3.63) is 93.9 Å². The third-order valence-electron chi connectivity index (χ3n) is 8.83. The van der Waals surface area contributed by atoms with Crippen molar-refractivity contribution in [3.63, 3.8) is 0 Å². The number of thioether (sulfide) groups is 1. The van der Waals surface area contributed by atoms with Crippen molar-refractivity contribution in [3.8, 4) is 11.4 Å². The fourth-order valence-electron chi connectivity index (χ4n) is 6.11. The molecule has 5 rings (SSSR count). The molecule has 2 aromatic heterocycles. The minimum atomic E-state index is -0.669. The summed E-state index contributed by atoms with van der Waals surface area (Å²) in [6.07, 6.45) is 4.43. The number of halogens is 3. The highest BCUT2D eigenvalue weighted by molar-refractivity contribution is 9.10. The van der Waals surface area contributed by atoms with Gasteiger partial charge in [0.15, 0.2) is 11.6 Å². The molecule has 0 spiro atoms. The summed E-state index contributed by atoms with van der Waals surface area (Å²) >= 11 is 6.52. The van der Waals surface area contributed by atoms with Crippen LogP contribution in [0, 0.1) is 17.0 Å². The number of rotatable bonds is 16. The summed E-state index contributed by atoms with van der Waals surface area (Å²) in [4.78, 5) is 21.4. The van der Waals surface area contributed by atoms with Gasteiger partial charge < -0.3 is 14.8 Å². The van der Waals surface area contributed by atoms with Crippen molar-refractivity contribution in [2.75, 3.05) is 24.7 Å². The van der Waals surface area contributed by atoms with Gasteiger partial charge in [-0.1, -0.05) is 56.3 Å². The lowest BCUT2D eigenvalue weighted by Crippen LogP contribution is -2.27. The van der Waals surface area contributed by atoms with Crippen molar-refractivity contribution in [1.29, 1.82) is 0 Å². The molecule has 2 heterocycles. The molecule has 0 saturated heterocycles. The number of H-pyrrole nitrogens is 1. The molecule has 0 fully saturated rings. The van der Waals surface area contributed by atoms with E-state index in [1.807, 2.05) is 30.3 Å². The van der Waals surface area contributed by atoms with Gasteiger partial charge in [-0.25, -0.2) is 18.4 Å². The Bertz CT molecular complexity index is 1960. The van der Waals surface area contributed by atoms with E-state index in [2.05, 4.69) is 41.7 Å². The van der Waals surface area contributed by atoms with Crippen LogP contribution in [0.5, 0.6) is 0 Å². The van der Waals surface area contributed by atoms with Crippen molar-refractivity contribution < 1.29 is 23.4 Å². The van der Waals surface area contributed by atoms with Gasteiger partial charge in [0.25, 0.3) is 0 Å². The van der Waals surface area contributed by atoms with Gasteiger partial charge in [0, 0.05) is 39.3 Å². The first kappa shape index (κ1) is 38.1. The molecule has 0 unspecified atom stereocenters. The zero-order valence-electron chi connectivity index (χ0n) is 29.0. The minimum absolute atomic E-state index is 0.0521. The highest BCUT2D eigenvalue weighted by atomic mass is 79.9. The number of aromatic amines is 1. The number of benzene rings is 3. The van der Waals surface area contributed by atoms with E-state index in [0.29, 0.717) is 50.2 Å². The van der Waals surface area contributed by atoms with Crippen LogP contribution in [-0.4, -0.2) is 55.5 Å². The summed E-state index contributed by atoms with van der Waals surface area (Å²) in [5.41, 5.74) is 2.11. The predicted molar refractivity (Wildman–Crippen MR) is 202 cm³/mol. The van der Waals surface area contributed by atoms with Gasteiger partial charge >= 0.3 is 5.97 Å². The Hall–Kier alpha value is -3.19. The first-order valence-electron chi connectivity index (χ1n) is 16.6. The van der Waals surface area contributed by atoms with Crippen LogP contribution in [0.1, 0.15) is 63.9 Å². The summed E-state index contributed by atoms with van der Waals surface area (Å²) in [5, 5.41) is 15.0. The Kier molecular flexibility index (Phi) is 12.5. The fourth-order valence-corrected chi connectivity index (χ4v) is 8.76. The molecular weight excluding hydrogens is 742 g/mol. The SMILES string of the molecule is CCOC(=O)Cc1cccc([C@@](C)(CCCC(C)(C)CSCCO)c2nc(-c3cc(Sc4c(F)cc5[nH]ccc5c4Br)ccc3F)n(C)n2)c1. The first-order valence-corrected chi connectivity index (χ1v) is 19.4. The van der Waals surface area contributed by atoms with Crippen LogP contribution in [-0.2, 0) is 28.4 Å². The molecule has 0 radical (unpaired) electrons. The van der Waals surface area contributed by atoms with E-state index < -0.39 is 11.2 Å². The van der Waals surface area contributed by atoms with Gasteiger partial charge in [-0.15, -0.1) is 0 Å². The Labute approximate surface area is 309 Å². The Morgan fingerprint density at radius 1 is 1.08 bits per heavy atom. The Morgan fingerprint density at radius 3 is 2.64 bits per heavy atom. The van der Waals surface area contributed by atoms with Crippen molar-refractivity contribution in [1.82, 2.24) is 19.7 Å². The maximum Gasteiger partial charge on any atom is 0.310 e. The molecule has 5 aromatic rings. The summed E-state index contributed by atoms with van der Waals surface area (Å²) < 4.78 is 38.2. The lowest BCUT2D eigenvalue weighted by atomic mass is 9.75. The molecule has 0 amide bonds. The van der Waals surface area contributed by atoms with Crippen molar-refractivity contribution >= 4 is 56.3 Å².